The Morgan fingerprint density at radius 2 is 1.83 bits per heavy atom. The Hall–Kier alpha value is -2.04. The first-order valence-corrected chi connectivity index (χ1v) is 5.59. The predicted octanol–water partition coefficient (Wildman–Crippen LogP) is 0.574. The van der Waals surface area contributed by atoms with Crippen molar-refractivity contribution >= 4 is 11.8 Å². The Morgan fingerprint density at radius 3 is 2.28 bits per heavy atom. The molecule has 0 aromatic heterocycles. The molecule has 0 aliphatic heterocycles. The molecule has 0 spiro atoms. The fraction of sp³-hybridized carbons (Fsp3) is 0.385. The lowest BCUT2D eigenvalue weighted by Gasteiger charge is -2.25. The molecule has 98 valence electrons. The van der Waals surface area contributed by atoms with Crippen LogP contribution in [0.1, 0.15) is 19.4 Å². The molecule has 1 aromatic carbocycles. The molecule has 0 aliphatic carbocycles. The number of amides is 2. The Bertz CT molecular complexity index is 438. The number of benzene rings is 1. The van der Waals surface area contributed by atoms with Crippen molar-refractivity contribution in [3.8, 4) is 5.75 Å². The van der Waals surface area contributed by atoms with Crippen LogP contribution in [0.15, 0.2) is 24.3 Å². The summed E-state index contributed by atoms with van der Waals surface area (Å²) in [4.78, 5) is 21.7. The van der Waals surface area contributed by atoms with Gasteiger partial charge in [-0.2, -0.15) is 0 Å². The lowest BCUT2D eigenvalue weighted by molar-refractivity contribution is -0.137. The number of primary amides is 1. The summed E-state index contributed by atoms with van der Waals surface area (Å²) in [6.45, 7) is 4.27. The SMILES string of the molecule is COc1ccc(C(C)(C)CNC(=O)C(N)=O)cc1. The minimum atomic E-state index is -0.972. The Kier molecular flexibility index (Phi) is 4.31. The molecule has 5 nitrogen and oxygen atoms in total. The Balaban J connectivity index is 2.72. The number of rotatable bonds is 4. The molecular formula is C13H18N2O3. The molecule has 0 unspecified atom stereocenters. The van der Waals surface area contributed by atoms with Gasteiger partial charge in [0.15, 0.2) is 0 Å². The van der Waals surface area contributed by atoms with Gasteiger partial charge in [-0.05, 0) is 17.7 Å². The van der Waals surface area contributed by atoms with E-state index in [0.29, 0.717) is 6.54 Å². The van der Waals surface area contributed by atoms with E-state index in [9.17, 15) is 9.59 Å². The number of hydrogen-bond donors (Lipinski definition) is 2. The fourth-order valence-electron chi connectivity index (χ4n) is 1.53. The fourth-order valence-corrected chi connectivity index (χ4v) is 1.53. The molecule has 0 aliphatic rings. The van der Waals surface area contributed by atoms with Gasteiger partial charge in [0.1, 0.15) is 5.75 Å². The summed E-state index contributed by atoms with van der Waals surface area (Å²) in [5, 5.41) is 2.50. The van der Waals surface area contributed by atoms with Crippen LogP contribution >= 0.6 is 0 Å². The molecule has 3 N–H and O–H groups in total. The number of methoxy groups -OCH3 is 1. The predicted molar refractivity (Wildman–Crippen MR) is 68.2 cm³/mol. The monoisotopic (exact) mass is 250 g/mol. The summed E-state index contributed by atoms with van der Waals surface area (Å²) >= 11 is 0. The van der Waals surface area contributed by atoms with Gasteiger partial charge in [0.05, 0.1) is 7.11 Å². The largest absolute Gasteiger partial charge is 0.497 e. The summed E-state index contributed by atoms with van der Waals surface area (Å²) in [7, 11) is 1.60. The van der Waals surface area contributed by atoms with Crippen molar-refractivity contribution in [2.24, 2.45) is 5.73 Å². The third-order valence-electron chi connectivity index (χ3n) is 2.79. The smallest absolute Gasteiger partial charge is 0.309 e. The quantitative estimate of drug-likeness (QED) is 0.767. The number of carbonyl (C=O) groups excluding carboxylic acids is 2. The first-order chi connectivity index (χ1) is 8.36. The lowest BCUT2D eigenvalue weighted by atomic mass is 9.84. The van der Waals surface area contributed by atoms with Gasteiger partial charge in [0.25, 0.3) is 0 Å². The van der Waals surface area contributed by atoms with E-state index in [0.717, 1.165) is 11.3 Å². The average molecular weight is 250 g/mol. The van der Waals surface area contributed by atoms with Gasteiger partial charge < -0.3 is 15.8 Å². The van der Waals surface area contributed by atoms with E-state index >= 15 is 0 Å². The second kappa shape index (κ2) is 5.53. The molecule has 0 atom stereocenters. The zero-order chi connectivity index (χ0) is 13.8. The highest BCUT2D eigenvalue weighted by molar-refractivity contribution is 6.34. The van der Waals surface area contributed by atoms with Crippen LogP contribution in [0.25, 0.3) is 0 Å². The second-order valence-corrected chi connectivity index (χ2v) is 4.66. The Morgan fingerprint density at radius 1 is 1.28 bits per heavy atom. The molecule has 1 rings (SSSR count). The highest BCUT2D eigenvalue weighted by Gasteiger charge is 2.22. The van der Waals surface area contributed by atoms with Crippen LogP contribution in [-0.4, -0.2) is 25.5 Å². The van der Waals surface area contributed by atoms with E-state index in [1.165, 1.54) is 0 Å². The average Bonchev–Trinajstić information content (AvgIpc) is 2.36. The van der Waals surface area contributed by atoms with Crippen LogP contribution in [0.4, 0.5) is 0 Å². The van der Waals surface area contributed by atoms with Crippen molar-refractivity contribution in [3.63, 3.8) is 0 Å². The van der Waals surface area contributed by atoms with Crippen LogP contribution in [0.5, 0.6) is 5.75 Å². The third kappa shape index (κ3) is 3.48. The zero-order valence-electron chi connectivity index (χ0n) is 10.8. The van der Waals surface area contributed by atoms with Crippen molar-refractivity contribution in [2.45, 2.75) is 19.3 Å². The molecule has 18 heavy (non-hydrogen) atoms. The van der Waals surface area contributed by atoms with Crippen LogP contribution < -0.4 is 15.8 Å². The number of nitrogens with two attached hydrogens (primary N) is 1. The van der Waals surface area contributed by atoms with Gasteiger partial charge in [-0.1, -0.05) is 26.0 Å². The first kappa shape index (κ1) is 14.0. The van der Waals surface area contributed by atoms with Crippen molar-refractivity contribution in [1.82, 2.24) is 5.32 Å². The van der Waals surface area contributed by atoms with E-state index in [1.54, 1.807) is 7.11 Å². The summed E-state index contributed by atoms with van der Waals surface area (Å²) in [5.74, 6) is -0.965. The maximum Gasteiger partial charge on any atom is 0.309 e. The third-order valence-corrected chi connectivity index (χ3v) is 2.79. The zero-order valence-corrected chi connectivity index (χ0v) is 10.8. The highest BCUT2D eigenvalue weighted by Crippen LogP contribution is 2.24. The number of carbonyl (C=O) groups is 2. The van der Waals surface area contributed by atoms with Crippen LogP contribution in [0.3, 0.4) is 0 Å². The molecule has 0 saturated heterocycles. The van der Waals surface area contributed by atoms with Crippen LogP contribution in [0.2, 0.25) is 0 Å². The van der Waals surface area contributed by atoms with Gasteiger partial charge in [0, 0.05) is 12.0 Å². The van der Waals surface area contributed by atoms with Crippen molar-refractivity contribution < 1.29 is 14.3 Å². The molecule has 0 bridgehead atoms. The number of nitrogens with one attached hydrogen (secondary N) is 1. The molecule has 0 saturated carbocycles. The number of hydrogen-bond acceptors (Lipinski definition) is 3. The number of ether oxygens (including phenoxy) is 1. The van der Waals surface area contributed by atoms with Gasteiger partial charge in [-0.15, -0.1) is 0 Å². The van der Waals surface area contributed by atoms with Gasteiger partial charge in [0.2, 0.25) is 0 Å². The molecule has 0 radical (unpaired) electrons. The second-order valence-electron chi connectivity index (χ2n) is 4.66. The summed E-state index contributed by atoms with van der Waals surface area (Å²) < 4.78 is 5.08. The van der Waals surface area contributed by atoms with Gasteiger partial charge in [-0.3, -0.25) is 9.59 Å². The minimum Gasteiger partial charge on any atom is -0.497 e. The lowest BCUT2D eigenvalue weighted by Crippen LogP contribution is -2.42. The summed E-state index contributed by atoms with van der Waals surface area (Å²) in [6, 6.07) is 7.56. The normalized spacial score (nSPS) is 10.8. The van der Waals surface area contributed by atoms with E-state index in [4.69, 9.17) is 10.5 Å². The van der Waals surface area contributed by atoms with Crippen molar-refractivity contribution in [1.29, 1.82) is 0 Å². The van der Waals surface area contributed by atoms with E-state index in [1.807, 2.05) is 38.1 Å². The van der Waals surface area contributed by atoms with E-state index < -0.39 is 11.8 Å². The summed E-state index contributed by atoms with van der Waals surface area (Å²) in [6.07, 6.45) is 0. The van der Waals surface area contributed by atoms with Crippen molar-refractivity contribution in [2.75, 3.05) is 13.7 Å². The molecular weight excluding hydrogens is 232 g/mol. The van der Waals surface area contributed by atoms with E-state index in [-0.39, 0.29) is 5.41 Å². The van der Waals surface area contributed by atoms with Crippen LogP contribution in [-0.2, 0) is 15.0 Å². The van der Waals surface area contributed by atoms with Crippen LogP contribution in [0, 0.1) is 0 Å². The van der Waals surface area contributed by atoms with E-state index in [2.05, 4.69) is 5.32 Å². The molecule has 5 heteroatoms. The maximum absolute atomic E-state index is 11.1. The van der Waals surface area contributed by atoms with Crippen molar-refractivity contribution in [3.05, 3.63) is 29.8 Å². The molecule has 2 amide bonds. The topological polar surface area (TPSA) is 81.4 Å². The van der Waals surface area contributed by atoms with Gasteiger partial charge >= 0.3 is 11.8 Å². The van der Waals surface area contributed by atoms with Gasteiger partial charge in [-0.25, -0.2) is 0 Å². The Labute approximate surface area is 106 Å². The first-order valence-electron chi connectivity index (χ1n) is 5.59. The maximum atomic E-state index is 11.1. The molecule has 1 aromatic rings. The molecule has 0 fully saturated rings. The molecule has 0 heterocycles. The summed E-state index contributed by atoms with van der Waals surface area (Å²) in [5.41, 5.74) is 5.62. The highest BCUT2D eigenvalue weighted by atomic mass is 16.5. The standard InChI is InChI=1S/C13H18N2O3/c1-13(2,8-15-12(17)11(14)16)9-4-6-10(18-3)7-5-9/h4-7H,8H2,1-3H3,(H2,14,16)(H,15,17). The minimum absolute atomic E-state index is 0.294.